The van der Waals surface area contributed by atoms with Crippen LogP contribution in [0.3, 0.4) is 0 Å². The second kappa shape index (κ2) is 9.12. The van der Waals surface area contributed by atoms with Gasteiger partial charge in [-0.15, -0.1) is 16.8 Å². The SMILES string of the molecule is C=CCn1cnnc1S[C@@H](C)C(=O)NCc1ccc(OC)c(OC)c1. The van der Waals surface area contributed by atoms with Crippen molar-refractivity contribution in [1.82, 2.24) is 20.1 Å². The molecule has 0 unspecified atom stereocenters. The van der Waals surface area contributed by atoms with Gasteiger partial charge in [0.25, 0.3) is 0 Å². The van der Waals surface area contributed by atoms with Gasteiger partial charge in [0, 0.05) is 13.1 Å². The summed E-state index contributed by atoms with van der Waals surface area (Å²) in [7, 11) is 3.17. The Hall–Kier alpha value is -2.48. The number of hydrogen-bond acceptors (Lipinski definition) is 6. The number of rotatable bonds is 9. The van der Waals surface area contributed by atoms with Gasteiger partial charge in [0.05, 0.1) is 19.5 Å². The maximum Gasteiger partial charge on any atom is 0.233 e. The zero-order valence-corrected chi connectivity index (χ0v) is 15.4. The summed E-state index contributed by atoms with van der Waals surface area (Å²) in [5, 5.41) is 11.2. The Morgan fingerprint density at radius 3 is 2.84 bits per heavy atom. The molecule has 0 aliphatic heterocycles. The van der Waals surface area contributed by atoms with Crippen molar-refractivity contribution in [3.63, 3.8) is 0 Å². The molecule has 0 saturated carbocycles. The molecule has 0 aliphatic rings. The van der Waals surface area contributed by atoms with Crippen molar-refractivity contribution >= 4 is 17.7 Å². The third kappa shape index (κ3) is 4.99. The van der Waals surface area contributed by atoms with Gasteiger partial charge in [-0.2, -0.15) is 0 Å². The summed E-state index contributed by atoms with van der Waals surface area (Å²) < 4.78 is 12.3. The van der Waals surface area contributed by atoms with E-state index in [-0.39, 0.29) is 11.2 Å². The first-order valence-electron chi connectivity index (χ1n) is 7.73. The number of allylic oxidation sites excluding steroid dienone is 1. The molecule has 1 atom stereocenters. The fourth-order valence-electron chi connectivity index (χ4n) is 2.14. The van der Waals surface area contributed by atoms with Crippen molar-refractivity contribution in [2.75, 3.05) is 14.2 Å². The van der Waals surface area contributed by atoms with E-state index >= 15 is 0 Å². The Morgan fingerprint density at radius 1 is 1.40 bits per heavy atom. The minimum atomic E-state index is -0.298. The molecule has 8 heteroatoms. The van der Waals surface area contributed by atoms with E-state index in [1.807, 2.05) is 29.7 Å². The van der Waals surface area contributed by atoms with Gasteiger partial charge in [0.1, 0.15) is 6.33 Å². The Labute approximate surface area is 151 Å². The van der Waals surface area contributed by atoms with Gasteiger partial charge < -0.3 is 19.4 Å². The molecule has 1 aromatic carbocycles. The van der Waals surface area contributed by atoms with Gasteiger partial charge in [-0.3, -0.25) is 4.79 Å². The first-order chi connectivity index (χ1) is 12.1. The highest BCUT2D eigenvalue weighted by Gasteiger charge is 2.17. The third-order valence-electron chi connectivity index (χ3n) is 3.47. The molecule has 0 radical (unpaired) electrons. The number of aromatic nitrogens is 3. The van der Waals surface area contributed by atoms with Crippen LogP contribution in [-0.2, 0) is 17.9 Å². The number of amides is 1. The van der Waals surface area contributed by atoms with Crippen LogP contribution in [0.4, 0.5) is 0 Å². The van der Waals surface area contributed by atoms with Crippen LogP contribution < -0.4 is 14.8 Å². The van der Waals surface area contributed by atoms with Crippen LogP contribution in [0, 0.1) is 0 Å². The normalized spacial score (nSPS) is 11.6. The zero-order valence-electron chi connectivity index (χ0n) is 14.6. The molecule has 0 spiro atoms. The minimum absolute atomic E-state index is 0.0760. The average molecular weight is 362 g/mol. The van der Waals surface area contributed by atoms with Crippen molar-refractivity contribution in [1.29, 1.82) is 0 Å². The van der Waals surface area contributed by atoms with Crippen LogP contribution >= 0.6 is 11.8 Å². The quantitative estimate of drug-likeness (QED) is 0.545. The highest BCUT2D eigenvalue weighted by atomic mass is 32.2. The van der Waals surface area contributed by atoms with Crippen LogP contribution in [0.1, 0.15) is 12.5 Å². The Kier molecular flexibility index (Phi) is 6.88. The predicted octanol–water partition coefficient (Wildman–Crippen LogP) is 2.28. The molecule has 7 nitrogen and oxygen atoms in total. The van der Waals surface area contributed by atoms with Crippen LogP contribution in [-0.4, -0.2) is 40.1 Å². The number of carbonyl (C=O) groups is 1. The van der Waals surface area contributed by atoms with Gasteiger partial charge in [-0.05, 0) is 24.6 Å². The molecular formula is C17H22N4O3S. The average Bonchev–Trinajstić information content (AvgIpc) is 3.06. The number of thioether (sulfide) groups is 1. The number of methoxy groups -OCH3 is 2. The molecule has 25 heavy (non-hydrogen) atoms. The van der Waals surface area contributed by atoms with Gasteiger partial charge in [-0.1, -0.05) is 23.9 Å². The van der Waals surface area contributed by atoms with Gasteiger partial charge in [0.15, 0.2) is 16.7 Å². The van der Waals surface area contributed by atoms with E-state index in [0.29, 0.717) is 29.7 Å². The molecule has 0 fully saturated rings. The van der Waals surface area contributed by atoms with Crippen molar-refractivity contribution in [2.24, 2.45) is 0 Å². The third-order valence-corrected chi connectivity index (χ3v) is 4.57. The maximum absolute atomic E-state index is 12.3. The fourth-order valence-corrected chi connectivity index (χ4v) is 2.99. The molecule has 2 rings (SSSR count). The smallest absolute Gasteiger partial charge is 0.233 e. The number of hydrogen-bond donors (Lipinski definition) is 1. The maximum atomic E-state index is 12.3. The Bertz CT molecular complexity index is 732. The van der Waals surface area contributed by atoms with Crippen LogP contribution in [0.5, 0.6) is 11.5 Å². The lowest BCUT2D eigenvalue weighted by atomic mass is 10.2. The second-order valence-electron chi connectivity index (χ2n) is 5.22. The second-order valence-corrected chi connectivity index (χ2v) is 6.53. The lowest BCUT2D eigenvalue weighted by Crippen LogP contribution is -2.30. The van der Waals surface area contributed by atoms with Crippen molar-refractivity contribution in [2.45, 2.75) is 30.4 Å². The van der Waals surface area contributed by atoms with Gasteiger partial charge >= 0.3 is 0 Å². The molecule has 1 amide bonds. The summed E-state index contributed by atoms with van der Waals surface area (Å²) in [4.78, 5) is 12.3. The van der Waals surface area contributed by atoms with E-state index in [9.17, 15) is 4.79 Å². The molecule has 2 aromatic rings. The predicted molar refractivity (Wildman–Crippen MR) is 96.9 cm³/mol. The van der Waals surface area contributed by atoms with Crippen LogP contribution in [0.2, 0.25) is 0 Å². The molecule has 1 heterocycles. The van der Waals surface area contributed by atoms with Gasteiger partial charge in [0.2, 0.25) is 5.91 Å². The van der Waals surface area contributed by atoms with Crippen LogP contribution in [0.25, 0.3) is 0 Å². The lowest BCUT2D eigenvalue weighted by Gasteiger charge is -2.13. The van der Waals surface area contributed by atoms with E-state index < -0.39 is 0 Å². The highest BCUT2D eigenvalue weighted by Crippen LogP contribution is 2.27. The standard InChI is InChI=1S/C17H22N4O3S/c1-5-8-21-11-19-20-17(21)25-12(2)16(22)18-10-13-6-7-14(23-3)15(9-13)24-4/h5-7,9,11-12H,1,8,10H2,2-4H3,(H,18,22)/t12-/m0/s1. The highest BCUT2D eigenvalue weighted by molar-refractivity contribution is 8.00. The Morgan fingerprint density at radius 2 is 2.16 bits per heavy atom. The summed E-state index contributed by atoms with van der Waals surface area (Å²) in [5.41, 5.74) is 0.929. The van der Waals surface area contributed by atoms with Crippen LogP contribution in [0.15, 0.2) is 42.3 Å². The summed E-state index contributed by atoms with van der Waals surface area (Å²) in [6, 6.07) is 5.55. The largest absolute Gasteiger partial charge is 0.493 e. The summed E-state index contributed by atoms with van der Waals surface area (Å²) in [6.45, 7) is 6.54. The Balaban J connectivity index is 1.93. The fraction of sp³-hybridized carbons (Fsp3) is 0.353. The topological polar surface area (TPSA) is 78.3 Å². The zero-order chi connectivity index (χ0) is 18.2. The molecule has 1 aromatic heterocycles. The number of ether oxygens (including phenoxy) is 2. The first kappa shape index (κ1) is 18.9. The summed E-state index contributed by atoms with van der Waals surface area (Å²) >= 11 is 1.36. The number of carbonyl (C=O) groups excluding carboxylic acids is 1. The van der Waals surface area contributed by atoms with Crippen molar-refractivity contribution < 1.29 is 14.3 Å². The lowest BCUT2D eigenvalue weighted by molar-refractivity contribution is -0.120. The van der Waals surface area contributed by atoms with E-state index in [1.165, 1.54) is 11.8 Å². The van der Waals surface area contributed by atoms with E-state index in [4.69, 9.17) is 9.47 Å². The molecule has 0 saturated heterocycles. The van der Waals surface area contributed by atoms with E-state index in [2.05, 4.69) is 22.1 Å². The molecule has 0 aliphatic carbocycles. The molecule has 134 valence electrons. The number of nitrogens with one attached hydrogen (secondary N) is 1. The molecular weight excluding hydrogens is 340 g/mol. The number of nitrogens with zero attached hydrogens (tertiary/aromatic N) is 3. The monoisotopic (exact) mass is 362 g/mol. The van der Waals surface area contributed by atoms with E-state index in [0.717, 1.165) is 5.56 Å². The van der Waals surface area contributed by atoms with E-state index in [1.54, 1.807) is 26.6 Å². The van der Waals surface area contributed by atoms with Crippen molar-refractivity contribution in [3.05, 3.63) is 42.7 Å². The van der Waals surface area contributed by atoms with Gasteiger partial charge in [-0.25, -0.2) is 0 Å². The summed E-state index contributed by atoms with van der Waals surface area (Å²) in [6.07, 6.45) is 3.38. The number of benzene rings is 1. The minimum Gasteiger partial charge on any atom is -0.493 e. The first-order valence-corrected chi connectivity index (χ1v) is 8.61. The van der Waals surface area contributed by atoms with Crippen molar-refractivity contribution in [3.8, 4) is 11.5 Å². The molecule has 0 bridgehead atoms. The molecule has 1 N–H and O–H groups in total. The summed E-state index contributed by atoms with van der Waals surface area (Å²) in [5.74, 6) is 1.21.